The molecule has 2 rings (SSSR count). The van der Waals surface area contributed by atoms with Gasteiger partial charge in [-0.05, 0) is 45.9 Å². The maximum absolute atomic E-state index is 10.7. The molecule has 0 aliphatic heterocycles. The molecule has 0 fully saturated rings. The second kappa shape index (κ2) is 8.88. The molecule has 29 heavy (non-hydrogen) atoms. The minimum atomic E-state index is -2.48. The van der Waals surface area contributed by atoms with Gasteiger partial charge in [-0.3, -0.25) is 0 Å². The van der Waals surface area contributed by atoms with Gasteiger partial charge in [-0.2, -0.15) is 0 Å². The maximum atomic E-state index is 10.7. The lowest BCUT2D eigenvalue weighted by Gasteiger charge is -2.44. The van der Waals surface area contributed by atoms with E-state index in [1.165, 1.54) is 10.4 Å². The summed E-state index contributed by atoms with van der Waals surface area (Å²) in [7, 11) is -4.72. The highest BCUT2D eigenvalue weighted by Crippen LogP contribution is 2.42. The van der Waals surface area contributed by atoms with Crippen LogP contribution in [-0.4, -0.2) is 28.0 Å². The molecule has 0 heterocycles. The molecule has 2 aromatic rings. The van der Waals surface area contributed by atoms with Crippen LogP contribution in [0.15, 0.2) is 60.7 Å². The van der Waals surface area contributed by atoms with Gasteiger partial charge in [-0.25, -0.2) is 0 Å². The van der Waals surface area contributed by atoms with Crippen LogP contribution in [-0.2, 0) is 4.43 Å². The van der Waals surface area contributed by atoms with Crippen molar-refractivity contribution < 1.29 is 9.22 Å². The standard InChI is InChI=1S/C25H40O2Si2/c1-21(19-25(5,6)28(7,8)26)20-27-29(24(2,3)4,22-15-11-9-12-16-22)23-17-13-10-14-18-23/h9-18,21,26H,19-20H2,1-8H3/t21-/m1/s1. The normalized spacial score (nSPS) is 14.7. The third kappa shape index (κ3) is 5.29. The number of benzene rings is 2. The molecule has 0 spiro atoms. The van der Waals surface area contributed by atoms with Gasteiger partial charge in [-0.1, -0.05) is 102 Å². The quantitative estimate of drug-likeness (QED) is 0.557. The van der Waals surface area contributed by atoms with Gasteiger partial charge in [0.1, 0.15) is 0 Å². The molecule has 160 valence electrons. The van der Waals surface area contributed by atoms with Gasteiger partial charge in [0.25, 0.3) is 8.32 Å². The fourth-order valence-corrected chi connectivity index (χ4v) is 9.75. The van der Waals surface area contributed by atoms with Crippen LogP contribution < -0.4 is 10.4 Å². The smallest absolute Gasteiger partial charge is 0.261 e. The van der Waals surface area contributed by atoms with E-state index < -0.39 is 16.6 Å². The second-order valence-corrected chi connectivity index (χ2v) is 19.5. The molecule has 0 saturated carbocycles. The molecule has 0 unspecified atom stereocenters. The van der Waals surface area contributed by atoms with Gasteiger partial charge in [0.05, 0.1) is 0 Å². The second-order valence-electron chi connectivity index (χ2n) is 10.7. The van der Waals surface area contributed by atoms with Crippen molar-refractivity contribution in [3.05, 3.63) is 60.7 Å². The fraction of sp³-hybridized carbons (Fsp3) is 0.520. The average Bonchev–Trinajstić information content (AvgIpc) is 2.61. The first-order valence-corrected chi connectivity index (χ1v) is 15.6. The van der Waals surface area contributed by atoms with Crippen LogP contribution in [0.25, 0.3) is 0 Å². The summed E-state index contributed by atoms with van der Waals surface area (Å²) in [5.74, 6) is 0.380. The third-order valence-corrected chi connectivity index (χ3v) is 15.0. The zero-order chi connectivity index (χ0) is 21.9. The van der Waals surface area contributed by atoms with E-state index in [0.717, 1.165) is 6.42 Å². The Morgan fingerprint density at radius 3 is 1.59 bits per heavy atom. The molecule has 1 atom stereocenters. The topological polar surface area (TPSA) is 29.5 Å². The first-order valence-electron chi connectivity index (χ1n) is 10.8. The summed E-state index contributed by atoms with van der Waals surface area (Å²) in [6.45, 7) is 18.4. The largest absolute Gasteiger partial charge is 0.432 e. The molecule has 0 bridgehead atoms. The van der Waals surface area contributed by atoms with Crippen LogP contribution in [0.1, 0.15) is 48.0 Å². The van der Waals surface area contributed by atoms with Crippen LogP contribution in [0.4, 0.5) is 0 Å². The lowest BCUT2D eigenvalue weighted by molar-refractivity contribution is 0.224. The van der Waals surface area contributed by atoms with Gasteiger partial charge in [-0.15, -0.1) is 0 Å². The van der Waals surface area contributed by atoms with E-state index in [2.05, 4.69) is 102 Å². The van der Waals surface area contributed by atoms with Gasteiger partial charge in [0.2, 0.25) is 0 Å². The Hall–Kier alpha value is -1.21. The minimum Gasteiger partial charge on any atom is -0.432 e. The van der Waals surface area contributed by atoms with Crippen molar-refractivity contribution in [2.24, 2.45) is 5.92 Å². The first-order chi connectivity index (χ1) is 13.3. The number of hydrogen-bond acceptors (Lipinski definition) is 2. The predicted octanol–water partition coefficient (Wildman–Crippen LogP) is 5.57. The highest BCUT2D eigenvalue weighted by Gasteiger charge is 2.50. The number of hydrogen-bond donors (Lipinski definition) is 1. The summed E-state index contributed by atoms with van der Waals surface area (Å²) in [4.78, 5) is 10.7. The van der Waals surface area contributed by atoms with Crippen LogP contribution in [0.2, 0.25) is 23.2 Å². The Balaban J connectivity index is 2.42. The zero-order valence-electron chi connectivity index (χ0n) is 19.6. The molecule has 0 aliphatic carbocycles. The summed E-state index contributed by atoms with van der Waals surface area (Å²) >= 11 is 0. The minimum absolute atomic E-state index is 0.00402. The van der Waals surface area contributed by atoms with Gasteiger partial charge < -0.3 is 9.22 Å². The summed E-state index contributed by atoms with van der Waals surface area (Å²) in [5, 5.41) is 2.60. The van der Waals surface area contributed by atoms with Gasteiger partial charge in [0.15, 0.2) is 8.32 Å². The SMILES string of the molecule is C[C@@H](CO[Si](c1ccccc1)(c1ccccc1)C(C)(C)C)CC(C)(C)[Si](C)(C)O. The maximum Gasteiger partial charge on any atom is 0.261 e. The van der Waals surface area contributed by atoms with E-state index in [0.29, 0.717) is 12.5 Å². The van der Waals surface area contributed by atoms with Crippen molar-refractivity contribution in [3.8, 4) is 0 Å². The summed E-state index contributed by atoms with van der Waals surface area (Å²) in [6.07, 6.45) is 0.973. The van der Waals surface area contributed by atoms with Crippen LogP contribution in [0, 0.1) is 5.92 Å². The average molecular weight is 429 g/mol. The Morgan fingerprint density at radius 1 is 0.828 bits per heavy atom. The van der Waals surface area contributed by atoms with E-state index in [1.807, 2.05) is 13.1 Å². The van der Waals surface area contributed by atoms with E-state index in [1.54, 1.807) is 0 Å². The third-order valence-electron chi connectivity index (χ3n) is 6.52. The van der Waals surface area contributed by atoms with E-state index in [9.17, 15) is 4.80 Å². The molecule has 0 aliphatic rings. The van der Waals surface area contributed by atoms with Crippen LogP contribution in [0.5, 0.6) is 0 Å². The van der Waals surface area contributed by atoms with Crippen molar-refractivity contribution >= 4 is 27.0 Å². The summed E-state index contributed by atoms with van der Waals surface area (Å²) in [6, 6.07) is 21.6. The van der Waals surface area contributed by atoms with Gasteiger partial charge in [0, 0.05) is 6.61 Å². The van der Waals surface area contributed by atoms with Crippen molar-refractivity contribution in [2.45, 2.75) is 71.1 Å². The molecule has 0 aromatic heterocycles. The predicted molar refractivity (Wildman–Crippen MR) is 131 cm³/mol. The van der Waals surface area contributed by atoms with Gasteiger partial charge >= 0.3 is 0 Å². The molecule has 2 aromatic carbocycles. The lowest BCUT2D eigenvalue weighted by Crippen LogP contribution is -2.66. The molecule has 1 N–H and O–H groups in total. The molecule has 4 heteroatoms. The number of rotatable bonds is 8. The Bertz CT molecular complexity index is 719. The Morgan fingerprint density at radius 2 is 1.24 bits per heavy atom. The first kappa shape index (κ1) is 24.1. The molecule has 0 amide bonds. The highest BCUT2D eigenvalue weighted by atomic mass is 28.4. The van der Waals surface area contributed by atoms with E-state index >= 15 is 0 Å². The highest BCUT2D eigenvalue weighted by molar-refractivity contribution is 6.99. The molecule has 2 nitrogen and oxygen atoms in total. The Labute approximate surface area is 180 Å². The lowest BCUT2D eigenvalue weighted by atomic mass is 9.99. The van der Waals surface area contributed by atoms with Crippen molar-refractivity contribution in [1.29, 1.82) is 0 Å². The van der Waals surface area contributed by atoms with E-state index in [-0.39, 0.29) is 10.1 Å². The molecular weight excluding hydrogens is 388 g/mol. The van der Waals surface area contributed by atoms with Crippen molar-refractivity contribution in [3.63, 3.8) is 0 Å². The monoisotopic (exact) mass is 428 g/mol. The van der Waals surface area contributed by atoms with Crippen molar-refractivity contribution in [2.75, 3.05) is 6.61 Å². The zero-order valence-corrected chi connectivity index (χ0v) is 21.6. The Kier molecular flexibility index (Phi) is 7.37. The summed E-state index contributed by atoms with van der Waals surface area (Å²) < 4.78 is 7.06. The molecule has 0 radical (unpaired) electrons. The fourth-order valence-electron chi connectivity index (χ4n) is 4.21. The molecular formula is C25H40O2Si2. The summed E-state index contributed by atoms with van der Waals surface area (Å²) in [5.41, 5.74) is 0. The van der Waals surface area contributed by atoms with Crippen LogP contribution >= 0.6 is 0 Å². The molecule has 0 saturated heterocycles. The van der Waals surface area contributed by atoms with Crippen LogP contribution in [0.3, 0.4) is 0 Å². The van der Waals surface area contributed by atoms with E-state index in [4.69, 9.17) is 4.43 Å². The van der Waals surface area contributed by atoms with Crippen molar-refractivity contribution in [1.82, 2.24) is 0 Å².